The molecule has 1 saturated heterocycles. The third-order valence-electron chi connectivity index (χ3n) is 3.31. The standard InChI is InChI=1S/C12H23N3O4/c1-12(19,11(17)18)8-15-6-2-3-9(7-15)10(16)14-5-4-13/h9,19H,2-8,13H2,1H3,(H,14,16)(H,17,18). The van der Waals surface area contributed by atoms with Crippen LogP contribution in [0.5, 0.6) is 0 Å². The molecule has 19 heavy (non-hydrogen) atoms. The highest BCUT2D eigenvalue weighted by Gasteiger charge is 2.35. The van der Waals surface area contributed by atoms with E-state index in [0.717, 1.165) is 12.8 Å². The third kappa shape index (κ3) is 4.77. The fourth-order valence-electron chi connectivity index (χ4n) is 2.26. The molecule has 2 unspecified atom stereocenters. The first-order chi connectivity index (χ1) is 8.86. The summed E-state index contributed by atoms with van der Waals surface area (Å²) in [5.41, 5.74) is 3.54. The van der Waals surface area contributed by atoms with Gasteiger partial charge in [-0.3, -0.25) is 9.69 Å². The Labute approximate surface area is 112 Å². The molecule has 1 amide bonds. The summed E-state index contributed by atoms with van der Waals surface area (Å²) < 4.78 is 0. The highest BCUT2D eigenvalue weighted by molar-refractivity contribution is 5.79. The van der Waals surface area contributed by atoms with Crippen LogP contribution < -0.4 is 11.1 Å². The molecule has 1 heterocycles. The number of carboxylic acids is 1. The van der Waals surface area contributed by atoms with Crippen LogP contribution in [0.2, 0.25) is 0 Å². The van der Waals surface area contributed by atoms with E-state index in [9.17, 15) is 14.7 Å². The van der Waals surface area contributed by atoms with Crippen LogP contribution in [0.3, 0.4) is 0 Å². The van der Waals surface area contributed by atoms with Crippen LogP contribution in [0.15, 0.2) is 0 Å². The van der Waals surface area contributed by atoms with Crippen molar-refractivity contribution in [2.24, 2.45) is 11.7 Å². The van der Waals surface area contributed by atoms with Crippen LogP contribution in [0.4, 0.5) is 0 Å². The molecule has 2 atom stereocenters. The highest BCUT2D eigenvalue weighted by atomic mass is 16.4. The van der Waals surface area contributed by atoms with Crippen molar-refractivity contribution in [2.45, 2.75) is 25.4 Å². The maximum atomic E-state index is 11.8. The highest BCUT2D eigenvalue weighted by Crippen LogP contribution is 2.19. The number of piperidine rings is 1. The Kier molecular flexibility index (Phi) is 5.71. The van der Waals surface area contributed by atoms with Crippen LogP contribution in [-0.4, -0.2) is 65.3 Å². The van der Waals surface area contributed by atoms with Gasteiger partial charge in [-0.25, -0.2) is 4.79 Å². The van der Waals surface area contributed by atoms with Gasteiger partial charge in [0, 0.05) is 26.2 Å². The van der Waals surface area contributed by atoms with E-state index in [2.05, 4.69) is 5.32 Å². The number of hydrogen-bond acceptors (Lipinski definition) is 5. The van der Waals surface area contributed by atoms with Gasteiger partial charge in [-0.05, 0) is 26.3 Å². The molecule has 1 fully saturated rings. The van der Waals surface area contributed by atoms with E-state index in [4.69, 9.17) is 10.8 Å². The smallest absolute Gasteiger partial charge is 0.336 e. The number of hydrogen-bond donors (Lipinski definition) is 4. The fourth-order valence-corrected chi connectivity index (χ4v) is 2.26. The number of aliphatic hydroxyl groups is 1. The first-order valence-corrected chi connectivity index (χ1v) is 6.52. The maximum Gasteiger partial charge on any atom is 0.336 e. The van der Waals surface area contributed by atoms with E-state index in [1.807, 2.05) is 4.90 Å². The Bertz CT molecular complexity index is 333. The SMILES string of the molecule is CC(O)(CN1CCCC(C(=O)NCCN)C1)C(=O)O. The molecule has 1 aliphatic heterocycles. The number of aliphatic carboxylic acids is 1. The number of nitrogens with zero attached hydrogens (tertiary/aromatic N) is 1. The Morgan fingerprint density at radius 2 is 2.21 bits per heavy atom. The van der Waals surface area contributed by atoms with Crippen LogP contribution in [0.1, 0.15) is 19.8 Å². The molecular formula is C12H23N3O4. The van der Waals surface area contributed by atoms with Crippen LogP contribution >= 0.6 is 0 Å². The van der Waals surface area contributed by atoms with Gasteiger partial charge in [0.15, 0.2) is 5.60 Å². The van der Waals surface area contributed by atoms with Crippen molar-refractivity contribution in [3.8, 4) is 0 Å². The normalized spacial score (nSPS) is 23.6. The molecule has 0 aliphatic carbocycles. The minimum Gasteiger partial charge on any atom is -0.479 e. The van der Waals surface area contributed by atoms with E-state index in [-0.39, 0.29) is 18.4 Å². The van der Waals surface area contributed by atoms with Crippen LogP contribution in [0.25, 0.3) is 0 Å². The summed E-state index contributed by atoms with van der Waals surface area (Å²) >= 11 is 0. The first-order valence-electron chi connectivity index (χ1n) is 6.52. The number of likely N-dealkylation sites (tertiary alicyclic amines) is 1. The monoisotopic (exact) mass is 273 g/mol. The Hall–Kier alpha value is -1.18. The lowest BCUT2D eigenvalue weighted by atomic mass is 9.95. The van der Waals surface area contributed by atoms with Crippen molar-refractivity contribution in [3.63, 3.8) is 0 Å². The predicted molar refractivity (Wildman–Crippen MR) is 69.5 cm³/mol. The maximum absolute atomic E-state index is 11.8. The zero-order valence-electron chi connectivity index (χ0n) is 11.3. The number of carboxylic acid groups (broad SMARTS) is 1. The van der Waals surface area contributed by atoms with Crippen molar-refractivity contribution in [2.75, 3.05) is 32.7 Å². The first kappa shape index (κ1) is 15.9. The minimum atomic E-state index is -1.78. The number of carbonyl (C=O) groups is 2. The van der Waals surface area contributed by atoms with Crippen molar-refractivity contribution in [1.82, 2.24) is 10.2 Å². The number of nitrogens with two attached hydrogens (primary N) is 1. The average Bonchev–Trinajstić information content (AvgIpc) is 2.35. The topological polar surface area (TPSA) is 116 Å². The largest absolute Gasteiger partial charge is 0.479 e. The second-order valence-corrected chi connectivity index (χ2v) is 5.23. The quantitative estimate of drug-likeness (QED) is 0.473. The second kappa shape index (κ2) is 6.83. The fraction of sp³-hybridized carbons (Fsp3) is 0.833. The molecule has 0 aromatic rings. The van der Waals surface area contributed by atoms with Gasteiger partial charge < -0.3 is 21.3 Å². The molecule has 7 heteroatoms. The summed E-state index contributed by atoms with van der Waals surface area (Å²) in [4.78, 5) is 24.5. The molecule has 1 rings (SSSR count). The van der Waals surface area contributed by atoms with E-state index in [0.29, 0.717) is 26.2 Å². The van der Waals surface area contributed by atoms with Crippen molar-refractivity contribution in [3.05, 3.63) is 0 Å². The molecule has 0 spiro atoms. The Morgan fingerprint density at radius 1 is 1.53 bits per heavy atom. The molecule has 0 aromatic heterocycles. The second-order valence-electron chi connectivity index (χ2n) is 5.23. The van der Waals surface area contributed by atoms with Crippen LogP contribution in [0, 0.1) is 5.92 Å². The lowest BCUT2D eigenvalue weighted by Crippen LogP contribution is -2.51. The lowest BCUT2D eigenvalue weighted by molar-refractivity contribution is -0.159. The minimum absolute atomic E-state index is 0.0308. The van der Waals surface area contributed by atoms with Gasteiger partial charge in [-0.15, -0.1) is 0 Å². The number of nitrogens with one attached hydrogen (secondary N) is 1. The molecule has 1 aliphatic rings. The summed E-state index contributed by atoms with van der Waals surface area (Å²) in [6.07, 6.45) is 1.60. The number of β-amino-alcohol motifs (C(OH)–C–C–N with tert-alkyl or cyclic N) is 1. The summed E-state index contributed by atoms with van der Waals surface area (Å²) in [7, 11) is 0. The number of rotatable bonds is 6. The van der Waals surface area contributed by atoms with Gasteiger partial charge >= 0.3 is 5.97 Å². The van der Waals surface area contributed by atoms with Gasteiger partial charge in [0.25, 0.3) is 0 Å². The van der Waals surface area contributed by atoms with E-state index in [1.54, 1.807) is 0 Å². The van der Waals surface area contributed by atoms with E-state index >= 15 is 0 Å². The molecular weight excluding hydrogens is 250 g/mol. The van der Waals surface area contributed by atoms with Crippen LogP contribution in [-0.2, 0) is 9.59 Å². The van der Waals surface area contributed by atoms with Gasteiger partial charge in [-0.2, -0.15) is 0 Å². The average molecular weight is 273 g/mol. The van der Waals surface area contributed by atoms with Crippen molar-refractivity contribution >= 4 is 11.9 Å². The summed E-state index contributed by atoms with van der Waals surface area (Å²) in [6.45, 7) is 3.32. The molecule has 0 radical (unpaired) electrons. The Balaban J connectivity index is 2.50. The summed E-state index contributed by atoms with van der Waals surface area (Å²) in [5.74, 6) is -1.46. The molecule has 0 bridgehead atoms. The predicted octanol–water partition coefficient (Wildman–Crippen LogP) is -1.39. The van der Waals surface area contributed by atoms with Crippen molar-refractivity contribution < 1.29 is 19.8 Å². The molecule has 110 valence electrons. The van der Waals surface area contributed by atoms with Crippen molar-refractivity contribution in [1.29, 1.82) is 0 Å². The van der Waals surface area contributed by atoms with E-state index in [1.165, 1.54) is 6.92 Å². The van der Waals surface area contributed by atoms with Gasteiger partial charge in [0.1, 0.15) is 0 Å². The molecule has 0 saturated carbocycles. The Morgan fingerprint density at radius 3 is 2.79 bits per heavy atom. The zero-order chi connectivity index (χ0) is 14.5. The summed E-state index contributed by atoms with van der Waals surface area (Å²) in [5, 5.41) is 21.4. The van der Waals surface area contributed by atoms with Gasteiger partial charge in [0.2, 0.25) is 5.91 Å². The van der Waals surface area contributed by atoms with E-state index < -0.39 is 11.6 Å². The zero-order valence-corrected chi connectivity index (χ0v) is 11.3. The molecule has 5 N–H and O–H groups in total. The molecule has 7 nitrogen and oxygen atoms in total. The van der Waals surface area contributed by atoms with Gasteiger partial charge in [0.05, 0.1) is 5.92 Å². The molecule has 0 aromatic carbocycles. The summed E-state index contributed by atoms with van der Waals surface area (Å²) in [6, 6.07) is 0. The lowest BCUT2D eigenvalue weighted by Gasteiger charge is -2.35. The third-order valence-corrected chi connectivity index (χ3v) is 3.31. The number of amides is 1. The number of carbonyl (C=O) groups excluding carboxylic acids is 1. The van der Waals surface area contributed by atoms with Gasteiger partial charge in [-0.1, -0.05) is 0 Å².